The van der Waals surface area contributed by atoms with Crippen LogP contribution in [0.1, 0.15) is 47.2 Å². The Hall–Kier alpha value is -4.51. The van der Waals surface area contributed by atoms with Crippen molar-refractivity contribution in [2.75, 3.05) is 0 Å². The van der Waals surface area contributed by atoms with Gasteiger partial charge >= 0.3 is 11.9 Å². The summed E-state index contributed by atoms with van der Waals surface area (Å²) in [6.07, 6.45) is 7.18. The maximum absolute atomic E-state index is 14.8. The number of benzene rings is 3. The molecule has 0 radical (unpaired) electrons. The molecule has 188 valence electrons. The van der Waals surface area contributed by atoms with Gasteiger partial charge in [0.1, 0.15) is 19.0 Å². The van der Waals surface area contributed by atoms with Crippen LogP contribution in [0.5, 0.6) is 0 Å². The van der Waals surface area contributed by atoms with E-state index in [2.05, 4.69) is 13.2 Å². The topological polar surface area (TPSA) is 52.6 Å². The zero-order chi connectivity index (χ0) is 26.8. The zero-order valence-electron chi connectivity index (χ0n) is 21.0. The number of ether oxygens (including phenoxy) is 2. The molecule has 3 aromatic carbocycles. The molecule has 0 aromatic heterocycles. The molecule has 3 aromatic rings. The lowest BCUT2D eigenvalue weighted by Crippen LogP contribution is -2.05. The highest BCUT2D eigenvalue weighted by Crippen LogP contribution is 2.19. The summed E-state index contributed by atoms with van der Waals surface area (Å²) in [4.78, 5) is 23.3. The number of halogens is 1. The van der Waals surface area contributed by atoms with E-state index in [0.717, 1.165) is 22.3 Å². The Bertz CT molecular complexity index is 1380. The molecule has 4 nitrogen and oxygen atoms in total. The molecule has 0 heterocycles. The third-order valence-corrected chi connectivity index (χ3v) is 5.37. The molecule has 0 unspecified atom stereocenters. The normalized spacial score (nSPS) is 11.0. The highest BCUT2D eigenvalue weighted by Gasteiger charge is 2.07. The van der Waals surface area contributed by atoms with E-state index in [4.69, 9.17) is 9.47 Å². The van der Waals surface area contributed by atoms with Gasteiger partial charge in [0, 0.05) is 16.7 Å². The molecule has 0 N–H and O–H groups in total. The number of hydrogen-bond donors (Lipinski definition) is 0. The Morgan fingerprint density at radius 2 is 1.35 bits per heavy atom. The first-order valence-corrected chi connectivity index (χ1v) is 11.7. The molecule has 3 rings (SSSR count). The zero-order valence-corrected chi connectivity index (χ0v) is 21.0. The quantitative estimate of drug-likeness (QED) is 0.167. The molecule has 0 atom stereocenters. The molecule has 0 fully saturated rings. The molecular formula is C32H29FO4. The van der Waals surface area contributed by atoms with E-state index in [-0.39, 0.29) is 19.0 Å². The minimum absolute atomic E-state index is 0.127. The fraction of sp³-hybridized carbons (Fsp3) is 0.125. The molecule has 0 aliphatic carbocycles. The van der Waals surface area contributed by atoms with Gasteiger partial charge in [-0.2, -0.15) is 0 Å². The van der Waals surface area contributed by atoms with E-state index in [1.54, 1.807) is 32.1 Å². The summed E-state index contributed by atoms with van der Waals surface area (Å²) in [7, 11) is 0. The van der Waals surface area contributed by atoms with Crippen molar-refractivity contribution in [3.05, 3.63) is 130 Å². The number of carbonyl (C=O) groups is 2. The van der Waals surface area contributed by atoms with Gasteiger partial charge in [-0.15, -0.1) is 0 Å². The second kappa shape index (κ2) is 13.0. The van der Waals surface area contributed by atoms with Gasteiger partial charge in [-0.1, -0.05) is 92.1 Å². The summed E-state index contributed by atoms with van der Waals surface area (Å²) < 4.78 is 25.2. The molecule has 0 aliphatic rings. The fourth-order valence-corrected chi connectivity index (χ4v) is 3.31. The second-order valence-electron chi connectivity index (χ2n) is 8.60. The van der Waals surface area contributed by atoms with E-state index in [1.807, 2.05) is 66.7 Å². The van der Waals surface area contributed by atoms with Gasteiger partial charge < -0.3 is 9.47 Å². The van der Waals surface area contributed by atoms with E-state index >= 15 is 0 Å². The lowest BCUT2D eigenvalue weighted by molar-refractivity contribution is -0.141. The average molecular weight is 497 g/mol. The summed E-state index contributed by atoms with van der Waals surface area (Å²) in [5.74, 6) is -1.23. The Morgan fingerprint density at radius 1 is 0.730 bits per heavy atom. The third kappa shape index (κ3) is 8.29. The number of carbonyl (C=O) groups excluding carboxylic acids is 2. The van der Waals surface area contributed by atoms with E-state index < -0.39 is 11.9 Å². The van der Waals surface area contributed by atoms with Crippen molar-refractivity contribution >= 4 is 36.2 Å². The number of esters is 2. The minimum atomic E-state index is -0.442. The molecule has 0 saturated heterocycles. The molecule has 0 aliphatic heterocycles. The summed E-state index contributed by atoms with van der Waals surface area (Å²) >= 11 is 0. The number of hydrogen-bond acceptors (Lipinski definition) is 4. The SMILES string of the molecule is C=C(C)C(=O)OCc1cccc(/C=C/c2ccc(/C=C/c3ccccc3COC(=O)C(=C)C)cc2F)c1. The van der Waals surface area contributed by atoms with E-state index in [9.17, 15) is 14.0 Å². The van der Waals surface area contributed by atoms with Crippen LogP contribution in [-0.2, 0) is 32.3 Å². The van der Waals surface area contributed by atoms with Crippen LogP contribution in [-0.4, -0.2) is 11.9 Å². The Morgan fingerprint density at radius 3 is 2.03 bits per heavy atom. The van der Waals surface area contributed by atoms with Gasteiger partial charge in [-0.3, -0.25) is 0 Å². The first-order chi connectivity index (χ1) is 17.7. The summed E-state index contributed by atoms with van der Waals surface area (Å²) in [5, 5.41) is 0. The van der Waals surface area contributed by atoms with E-state index in [1.165, 1.54) is 6.07 Å². The van der Waals surface area contributed by atoms with Crippen LogP contribution in [0.25, 0.3) is 24.3 Å². The monoisotopic (exact) mass is 496 g/mol. The Balaban J connectivity index is 1.68. The average Bonchev–Trinajstić information content (AvgIpc) is 2.89. The second-order valence-corrected chi connectivity index (χ2v) is 8.60. The van der Waals surface area contributed by atoms with E-state index in [0.29, 0.717) is 22.3 Å². The smallest absolute Gasteiger partial charge is 0.333 e. The van der Waals surface area contributed by atoms with Crippen molar-refractivity contribution in [2.24, 2.45) is 0 Å². The lowest BCUT2D eigenvalue weighted by Gasteiger charge is -2.07. The predicted octanol–water partition coefficient (Wildman–Crippen LogP) is 7.41. The molecule has 37 heavy (non-hydrogen) atoms. The van der Waals surface area contributed by atoms with Crippen LogP contribution in [0.4, 0.5) is 4.39 Å². The predicted molar refractivity (Wildman–Crippen MR) is 146 cm³/mol. The van der Waals surface area contributed by atoms with Gasteiger partial charge in [-0.25, -0.2) is 14.0 Å². The fourth-order valence-electron chi connectivity index (χ4n) is 3.31. The minimum Gasteiger partial charge on any atom is -0.457 e. The highest BCUT2D eigenvalue weighted by molar-refractivity contribution is 5.87. The molecule has 0 bridgehead atoms. The van der Waals surface area contributed by atoms with Crippen molar-refractivity contribution in [2.45, 2.75) is 27.1 Å². The Labute approximate surface area is 217 Å². The first-order valence-electron chi connectivity index (χ1n) is 11.7. The molecule has 0 amide bonds. The lowest BCUT2D eigenvalue weighted by atomic mass is 10.0. The summed E-state index contributed by atoms with van der Waals surface area (Å²) in [6.45, 7) is 10.6. The first kappa shape index (κ1) is 27.1. The summed E-state index contributed by atoms with van der Waals surface area (Å²) in [5.41, 5.74) is 5.23. The molecule has 0 spiro atoms. The van der Waals surface area contributed by atoms with Gasteiger partial charge in [0.15, 0.2) is 0 Å². The molecule has 0 saturated carbocycles. The third-order valence-electron chi connectivity index (χ3n) is 5.37. The van der Waals surface area contributed by atoms with Crippen molar-refractivity contribution in [1.82, 2.24) is 0 Å². The Kier molecular flexibility index (Phi) is 9.50. The highest BCUT2D eigenvalue weighted by atomic mass is 19.1. The maximum atomic E-state index is 14.8. The van der Waals surface area contributed by atoms with Crippen molar-refractivity contribution in [3.8, 4) is 0 Å². The standard InChI is InChI=1S/C32H29FO4/c1-22(2)31(34)36-20-26-9-7-8-24(18-26)13-16-28-17-14-25(19-30(28)33)12-15-27-10-5-6-11-29(27)21-37-32(35)23(3)4/h5-19H,1,3,20-21H2,2,4H3/b15-12+,16-13+. The van der Waals surface area contributed by atoms with Crippen LogP contribution >= 0.6 is 0 Å². The van der Waals surface area contributed by atoms with Gasteiger partial charge in [0.05, 0.1) is 0 Å². The van der Waals surface area contributed by atoms with Crippen molar-refractivity contribution < 1.29 is 23.5 Å². The largest absolute Gasteiger partial charge is 0.457 e. The number of rotatable bonds is 10. The molecular weight excluding hydrogens is 467 g/mol. The van der Waals surface area contributed by atoms with Crippen LogP contribution < -0.4 is 0 Å². The maximum Gasteiger partial charge on any atom is 0.333 e. The van der Waals surface area contributed by atoms with Gasteiger partial charge in [-0.05, 0) is 53.8 Å². The van der Waals surface area contributed by atoms with Crippen molar-refractivity contribution in [3.63, 3.8) is 0 Å². The van der Waals surface area contributed by atoms with Gasteiger partial charge in [0.2, 0.25) is 0 Å². The van der Waals surface area contributed by atoms with Crippen molar-refractivity contribution in [1.29, 1.82) is 0 Å². The van der Waals surface area contributed by atoms with Crippen LogP contribution in [0.3, 0.4) is 0 Å². The van der Waals surface area contributed by atoms with Crippen LogP contribution in [0.2, 0.25) is 0 Å². The van der Waals surface area contributed by atoms with Crippen LogP contribution in [0, 0.1) is 5.82 Å². The van der Waals surface area contributed by atoms with Gasteiger partial charge in [0.25, 0.3) is 0 Å². The summed E-state index contributed by atoms with van der Waals surface area (Å²) in [6, 6.07) is 20.0. The van der Waals surface area contributed by atoms with Crippen LogP contribution in [0.15, 0.2) is 91.0 Å². The molecule has 5 heteroatoms.